The topological polar surface area (TPSA) is 62.2 Å². The van der Waals surface area contributed by atoms with Crippen molar-refractivity contribution >= 4 is 50.8 Å². The fourth-order valence-electron chi connectivity index (χ4n) is 3.36. The number of benzene rings is 1. The molecule has 0 unspecified atom stereocenters. The van der Waals surface area contributed by atoms with Gasteiger partial charge in [-0.1, -0.05) is 37.5 Å². The van der Waals surface area contributed by atoms with E-state index in [1.165, 1.54) is 32.1 Å². The van der Waals surface area contributed by atoms with Crippen LogP contribution in [0.4, 0.5) is 10.8 Å². The molecule has 0 radical (unpaired) electrons. The molecule has 140 valence electrons. The van der Waals surface area contributed by atoms with Crippen LogP contribution >= 0.6 is 23.1 Å². The Kier molecular flexibility index (Phi) is 5.89. The molecule has 1 fully saturated rings. The van der Waals surface area contributed by atoms with Gasteiger partial charge in [-0.25, -0.2) is 15.0 Å². The summed E-state index contributed by atoms with van der Waals surface area (Å²) in [6.45, 7) is 0. The van der Waals surface area contributed by atoms with Crippen LogP contribution in [0.25, 0.3) is 10.9 Å². The molecule has 0 amide bonds. The van der Waals surface area contributed by atoms with E-state index in [4.69, 9.17) is 9.98 Å². The third-order valence-electron chi connectivity index (χ3n) is 4.70. The van der Waals surface area contributed by atoms with Gasteiger partial charge in [-0.2, -0.15) is 0 Å². The number of thioether (sulfide) groups is 1. The quantitative estimate of drug-likeness (QED) is 0.349. The van der Waals surface area contributed by atoms with E-state index < -0.39 is 0 Å². The number of pyridine rings is 1. The van der Waals surface area contributed by atoms with Crippen molar-refractivity contribution in [1.82, 2.24) is 15.3 Å². The van der Waals surface area contributed by atoms with Crippen molar-refractivity contribution in [3.8, 4) is 0 Å². The fraction of sp³-hybridized carbons (Fsp3) is 0.350. The third kappa shape index (κ3) is 4.59. The lowest BCUT2D eigenvalue weighted by Crippen LogP contribution is -2.40. The number of hydrogen-bond donors (Lipinski definition) is 2. The van der Waals surface area contributed by atoms with Gasteiger partial charge in [-0.3, -0.25) is 0 Å². The highest BCUT2D eigenvalue weighted by atomic mass is 32.2. The third-order valence-corrected chi connectivity index (χ3v) is 6.08. The zero-order valence-corrected chi connectivity index (χ0v) is 16.9. The number of aliphatic imine (C=N–C) groups is 1. The molecule has 1 aliphatic rings. The summed E-state index contributed by atoms with van der Waals surface area (Å²) in [6.07, 6.45) is 10.1. The second-order valence-electron chi connectivity index (χ2n) is 6.61. The summed E-state index contributed by atoms with van der Waals surface area (Å²) < 4.78 is 0. The first-order chi connectivity index (χ1) is 13.3. The molecule has 0 spiro atoms. The van der Waals surface area contributed by atoms with Gasteiger partial charge >= 0.3 is 0 Å². The molecule has 27 heavy (non-hydrogen) atoms. The van der Waals surface area contributed by atoms with Crippen LogP contribution in [-0.4, -0.2) is 28.2 Å². The Morgan fingerprint density at radius 3 is 2.85 bits per heavy atom. The van der Waals surface area contributed by atoms with Crippen molar-refractivity contribution < 1.29 is 0 Å². The van der Waals surface area contributed by atoms with Gasteiger partial charge in [-0.05, 0) is 31.2 Å². The largest absolute Gasteiger partial charge is 0.353 e. The van der Waals surface area contributed by atoms with Crippen molar-refractivity contribution in [2.45, 2.75) is 43.2 Å². The lowest BCUT2D eigenvalue weighted by atomic mass is 9.96. The van der Waals surface area contributed by atoms with Crippen molar-refractivity contribution in [3.63, 3.8) is 0 Å². The van der Waals surface area contributed by atoms with Crippen LogP contribution in [0.5, 0.6) is 0 Å². The number of nitrogens with zero attached hydrogens (tertiary/aromatic N) is 3. The zero-order chi connectivity index (χ0) is 18.5. The number of para-hydroxylation sites is 1. The summed E-state index contributed by atoms with van der Waals surface area (Å²) in [5.41, 5.74) is 1.87. The van der Waals surface area contributed by atoms with Crippen molar-refractivity contribution in [1.29, 1.82) is 0 Å². The Bertz CT molecular complexity index is 917. The molecule has 0 bridgehead atoms. The maximum absolute atomic E-state index is 4.93. The highest BCUT2D eigenvalue weighted by molar-refractivity contribution is 7.98. The van der Waals surface area contributed by atoms with Gasteiger partial charge in [0.15, 0.2) is 5.13 Å². The zero-order valence-electron chi connectivity index (χ0n) is 15.3. The second-order valence-corrected chi connectivity index (χ2v) is 8.30. The highest BCUT2D eigenvalue weighted by Crippen LogP contribution is 2.30. The average Bonchev–Trinajstić information content (AvgIpc) is 3.21. The van der Waals surface area contributed by atoms with Crippen LogP contribution in [0.2, 0.25) is 0 Å². The van der Waals surface area contributed by atoms with Crippen molar-refractivity contribution in [2.75, 3.05) is 11.6 Å². The Morgan fingerprint density at radius 1 is 1.22 bits per heavy atom. The van der Waals surface area contributed by atoms with E-state index in [1.54, 1.807) is 29.3 Å². The molecule has 0 saturated heterocycles. The van der Waals surface area contributed by atoms with Crippen molar-refractivity contribution in [3.05, 3.63) is 41.9 Å². The minimum Gasteiger partial charge on any atom is -0.353 e. The van der Waals surface area contributed by atoms with Gasteiger partial charge in [0.1, 0.15) is 5.03 Å². The van der Waals surface area contributed by atoms with Crippen LogP contribution < -0.4 is 10.6 Å². The number of thiazole rings is 1. The molecule has 3 aromatic rings. The van der Waals surface area contributed by atoms with E-state index >= 15 is 0 Å². The van der Waals surface area contributed by atoms with Crippen LogP contribution in [0.3, 0.4) is 0 Å². The smallest absolute Gasteiger partial charge is 0.203 e. The summed E-state index contributed by atoms with van der Waals surface area (Å²) in [5.74, 6) is 0.754. The van der Waals surface area contributed by atoms with Gasteiger partial charge < -0.3 is 10.6 Å². The van der Waals surface area contributed by atoms with E-state index in [0.717, 1.165) is 32.7 Å². The van der Waals surface area contributed by atoms with Gasteiger partial charge in [0.2, 0.25) is 5.96 Å². The first-order valence-electron chi connectivity index (χ1n) is 9.27. The summed E-state index contributed by atoms with van der Waals surface area (Å²) in [5, 5.41) is 11.8. The predicted octanol–water partition coefficient (Wildman–Crippen LogP) is 5.44. The molecule has 0 atom stereocenters. The summed E-state index contributed by atoms with van der Waals surface area (Å²) in [7, 11) is 0. The molecule has 1 aromatic carbocycles. The molecule has 1 aliphatic carbocycles. The van der Waals surface area contributed by atoms with Gasteiger partial charge in [-0.15, -0.1) is 23.1 Å². The van der Waals surface area contributed by atoms with E-state index in [2.05, 4.69) is 27.8 Å². The van der Waals surface area contributed by atoms with Crippen LogP contribution in [0.15, 0.2) is 51.9 Å². The number of guanidine groups is 1. The number of fused-ring (bicyclic) bond motifs is 1. The fourth-order valence-corrected chi connectivity index (χ4v) is 4.39. The van der Waals surface area contributed by atoms with Crippen LogP contribution in [0.1, 0.15) is 32.1 Å². The standard InChI is InChI=1S/C20H23N5S2/c1-26-18-17(13-14-7-5-6-10-16(14)23-18)24-19(25-20-21-11-12-27-20)22-15-8-3-2-4-9-15/h5-7,10-13,15H,2-4,8-9H2,1H3,(H2,21,22,24,25). The normalized spacial score (nSPS) is 15.8. The molecule has 4 rings (SSSR count). The number of rotatable bonds is 4. The molecule has 2 aromatic heterocycles. The minimum absolute atomic E-state index is 0.455. The van der Waals surface area contributed by atoms with E-state index in [-0.39, 0.29) is 0 Å². The number of aromatic nitrogens is 2. The first kappa shape index (κ1) is 18.3. The molecule has 2 N–H and O–H groups in total. The average molecular weight is 398 g/mol. The van der Waals surface area contributed by atoms with E-state index in [9.17, 15) is 0 Å². The van der Waals surface area contributed by atoms with E-state index in [0.29, 0.717) is 6.04 Å². The first-order valence-corrected chi connectivity index (χ1v) is 11.4. The second kappa shape index (κ2) is 8.71. The van der Waals surface area contributed by atoms with E-state index in [1.807, 2.05) is 29.8 Å². The summed E-state index contributed by atoms with van der Waals surface area (Å²) in [6, 6.07) is 10.7. The van der Waals surface area contributed by atoms with Gasteiger partial charge in [0.25, 0.3) is 0 Å². The summed E-state index contributed by atoms with van der Waals surface area (Å²) >= 11 is 3.19. The van der Waals surface area contributed by atoms with Gasteiger partial charge in [0, 0.05) is 23.0 Å². The Morgan fingerprint density at radius 2 is 2.07 bits per heavy atom. The Balaban J connectivity index is 1.68. The lowest BCUT2D eigenvalue weighted by Gasteiger charge is -2.24. The predicted molar refractivity (Wildman–Crippen MR) is 116 cm³/mol. The number of anilines is 1. The maximum atomic E-state index is 4.93. The molecule has 7 heteroatoms. The number of nitrogens with one attached hydrogen (secondary N) is 2. The molecule has 0 aliphatic heterocycles. The minimum atomic E-state index is 0.455. The summed E-state index contributed by atoms with van der Waals surface area (Å²) in [4.78, 5) is 14.1. The molecule has 1 saturated carbocycles. The maximum Gasteiger partial charge on any atom is 0.203 e. The lowest BCUT2D eigenvalue weighted by molar-refractivity contribution is 0.413. The van der Waals surface area contributed by atoms with Crippen LogP contribution in [-0.2, 0) is 0 Å². The Hall–Kier alpha value is -2.12. The molecular weight excluding hydrogens is 374 g/mol. The number of hydrogen-bond acceptors (Lipinski definition) is 5. The molecule has 5 nitrogen and oxygen atoms in total. The monoisotopic (exact) mass is 397 g/mol. The van der Waals surface area contributed by atoms with Gasteiger partial charge in [0.05, 0.1) is 11.2 Å². The van der Waals surface area contributed by atoms with Crippen LogP contribution in [0, 0.1) is 0 Å². The SMILES string of the molecule is CSc1nc2ccccc2cc1N=C(Nc1nccs1)NC1CCCCC1. The highest BCUT2D eigenvalue weighted by Gasteiger charge is 2.16. The van der Waals surface area contributed by atoms with Crippen molar-refractivity contribution in [2.24, 2.45) is 4.99 Å². The Labute approximate surface area is 167 Å². The molecular formula is C20H23N5S2. The molecule has 2 heterocycles.